The van der Waals surface area contributed by atoms with E-state index in [0.29, 0.717) is 11.4 Å². The lowest BCUT2D eigenvalue weighted by Gasteiger charge is -2.15. The molecule has 2 N–H and O–H groups in total. The Morgan fingerprint density at radius 3 is 2.41 bits per heavy atom. The molecule has 0 aliphatic carbocycles. The molecule has 1 atom stereocenters. The van der Waals surface area contributed by atoms with Crippen LogP contribution < -0.4 is 10.1 Å². The summed E-state index contributed by atoms with van der Waals surface area (Å²) in [7, 11) is 0. The molecule has 0 spiro atoms. The number of hydrogen-bond donors (Lipinski definition) is 2. The van der Waals surface area contributed by atoms with Gasteiger partial charge in [-0.3, -0.25) is 4.79 Å². The smallest absolute Gasteiger partial charge is 0.335 e. The number of carbonyl (C=O) groups excluding carboxylic acids is 1. The average molecular weight is 299 g/mol. The van der Waals surface area contributed by atoms with Crippen LogP contribution in [0, 0.1) is 6.92 Å². The number of amides is 1. The fourth-order valence-corrected chi connectivity index (χ4v) is 1.89. The monoisotopic (exact) mass is 299 g/mol. The van der Waals surface area contributed by atoms with Gasteiger partial charge in [-0.1, -0.05) is 12.1 Å². The number of carboxylic acid groups (broad SMARTS) is 1. The molecule has 1 amide bonds. The molecule has 0 saturated carbocycles. The molecule has 0 aromatic heterocycles. The standard InChI is InChI=1S/C17H17NO4/c1-11-4-3-5-15(10-11)22-12(2)16(19)18-14-8-6-13(7-9-14)17(20)21/h3-10,12H,1-2H3,(H,18,19)(H,20,21)/t12-/m1/s1. The van der Waals surface area contributed by atoms with Crippen LogP contribution in [0.25, 0.3) is 0 Å². The first-order valence-corrected chi connectivity index (χ1v) is 6.83. The van der Waals surface area contributed by atoms with Crippen molar-refractivity contribution in [1.82, 2.24) is 0 Å². The normalized spacial score (nSPS) is 11.5. The topological polar surface area (TPSA) is 75.6 Å². The summed E-state index contributed by atoms with van der Waals surface area (Å²) in [5, 5.41) is 11.5. The fourth-order valence-electron chi connectivity index (χ4n) is 1.89. The van der Waals surface area contributed by atoms with E-state index in [9.17, 15) is 9.59 Å². The zero-order valence-corrected chi connectivity index (χ0v) is 12.4. The SMILES string of the molecule is Cc1cccc(O[C@H](C)C(=O)Nc2ccc(C(=O)O)cc2)c1. The Bertz CT molecular complexity index is 679. The molecule has 0 fully saturated rings. The lowest BCUT2D eigenvalue weighted by molar-refractivity contribution is -0.122. The Kier molecular flexibility index (Phi) is 4.78. The fraction of sp³-hybridized carbons (Fsp3) is 0.176. The van der Waals surface area contributed by atoms with Crippen molar-refractivity contribution in [2.24, 2.45) is 0 Å². The van der Waals surface area contributed by atoms with Crippen LogP contribution >= 0.6 is 0 Å². The van der Waals surface area contributed by atoms with Gasteiger partial charge in [0.15, 0.2) is 6.10 Å². The largest absolute Gasteiger partial charge is 0.481 e. The second-order valence-electron chi connectivity index (χ2n) is 4.95. The number of hydrogen-bond acceptors (Lipinski definition) is 3. The van der Waals surface area contributed by atoms with Gasteiger partial charge in [0.2, 0.25) is 0 Å². The van der Waals surface area contributed by atoms with Gasteiger partial charge < -0.3 is 15.2 Å². The van der Waals surface area contributed by atoms with Crippen LogP contribution in [0.3, 0.4) is 0 Å². The minimum Gasteiger partial charge on any atom is -0.481 e. The number of aryl methyl sites for hydroxylation is 1. The van der Waals surface area contributed by atoms with E-state index in [4.69, 9.17) is 9.84 Å². The van der Waals surface area contributed by atoms with Crippen LogP contribution in [-0.2, 0) is 4.79 Å². The Labute approximate surface area is 128 Å². The molecule has 2 aromatic rings. The van der Waals surface area contributed by atoms with E-state index >= 15 is 0 Å². The Morgan fingerprint density at radius 2 is 1.82 bits per heavy atom. The summed E-state index contributed by atoms with van der Waals surface area (Å²) in [6.45, 7) is 3.60. The van der Waals surface area contributed by atoms with E-state index in [-0.39, 0.29) is 11.5 Å². The molecule has 5 heteroatoms. The highest BCUT2D eigenvalue weighted by molar-refractivity contribution is 5.95. The molecule has 0 bridgehead atoms. The van der Waals surface area contributed by atoms with Crippen molar-refractivity contribution in [3.8, 4) is 5.75 Å². The number of carboxylic acids is 1. The summed E-state index contributed by atoms with van der Waals surface area (Å²) in [4.78, 5) is 22.8. The molecule has 5 nitrogen and oxygen atoms in total. The van der Waals surface area contributed by atoms with Crippen molar-refractivity contribution >= 4 is 17.6 Å². The summed E-state index contributed by atoms with van der Waals surface area (Å²) >= 11 is 0. The average Bonchev–Trinajstić information content (AvgIpc) is 2.47. The number of nitrogens with one attached hydrogen (secondary N) is 1. The van der Waals surface area contributed by atoms with E-state index < -0.39 is 12.1 Å². The minimum absolute atomic E-state index is 0.169. The lowest BCUT2D eigenvalue weighted by Crippen LogP contribution is -2.30. The number of anilines is 1. The summed E-state index contributed by atoms with van der Waals surface area (Å²) in [6, 6.07) is 13.4. The van der Waals surface area contributed by atoms with Gasteiger partial charge >= 0.3 is 5.97 Å². The quantitative estimate of drug-likeness (QED) is 0.889. The highest BCUT2D eigenvalue weighted by Crippen LogP contribution is 2.15. The molecule has 0 unspecified atom stereocenters. The number of benzene rings is 2. The predicted octanol–water partition coefficient (Wildman–Crippen LogP) is 3.10. The summed E-state index contributed by atoms with van der Waals surface area (Å²) in [5.74, 6) is -0.678. The van der Waals surface area contributed by atoms with Gasteiger partial charge in [-0.15, -0.1) is 0 Å². The molecule has 2 rings (SSSR count). The number of carbonyl (C=O) groups is 2. The maximum absolute atomic E-state index is 12.1. The Balaban J connectivity index is 1.97. The molecule has 0 saturated heterocycles. The minimum atomic E-state index is -1.01. The first kappa shape index (κ1) is 15.6. The van der Waals surface area contributed by atoms with Crippen LogP contribution in [0.5, 0.6) is 5.75 Å². The summed E-state index contributed by atoms with van der Waals surface area (Å²) < 4.78 is 5.58. The van der Waals surface area contributed by atoms with Crippen molar-refractivity contribution < 1.29 is 19.4 Å². The third-order valence-electron chi connectivity index (χ3n) is 3.07. The Morgan fingerprint density at radius 1 is 1.14 bits per heavy atom. The molecular weight excluding hydrogens is 282 g/mol. The molecule has 114 valence electrons. The number of rotatable bonds is 5. The first-order valence-electron chi connectivity index (χ1n) is 6.83. The van der Waals surface area contributed by atoms with Crippen LogP contribution in [0.2, 0.25) is 0 Å². The van der Waals surface area contributed by atoms with Gasteiger partial charge in [-0.05, 0) is 55.8 Å². The van der Waals surface area contributed by atoms with Crippen molar-refractivity contribution in [1.29, 1.82) is 0 Å². The van der Waals surface area contributed by atoms with Crippen molar-refractivity contribution in [2.75, 3.05) is 5.32 Å². The van der Waals surface area contributed by atoms with Crippen LogP contribution in [0.15, 0.2) is 48.5 Å². The van der Waals surface area contributed by atoms with Crippen molar-refractivity contribution in [3.05, 3.63) is 59.7 Å². The molecule has 2 aromatic carbocycles. The van der Waals surface area contributed by atoms with E-state index in [0.717, 1.165) is 5.56 Å². The number of ether oxygens (including phenoxy) is 1. The maximum atomic E-state index is 12.1. The highest BCUT2D eigenvalue weighted by Gasteiger charge is 2.15. The zero-order valence-electron chi connectivity index (χ0n) is 12.4. The Hall–Kier alpha value is -2.82. The van der Waals surface area contributed by atoms with E-state index in [2.05, 4.69) is 5.32 Å². The molecule has 0 radical (unpaired) electrons. The number of aromatic carboxylic acids is 1. The zero-order chi connectivity index (χ0) is 16.1. The van der Waals surface area contributed by atoms with Gasteiger partial charge in [0.05, 0.1) is 5.56 Å². The van der Waals surface area contributed by atoms with Gasteiger partial charge in [-0.2, -0.15) is 0 Å². The van der Waals surface area contributed by atoms with Crippen LogP contribution in [0.1, 0.15) is 22.8 Å². The van der Waals surface area contributed by atoms with Crippen LogP contribution in [-0.4, -0.2) is 23.1 Å². The van der Waals surface area contributed by atoms with Gasteiger partial charge in [-0.25, -0.2) is 4.79 Å². The van der Waals surface area contributed by atoms with E-state index in [1.807, 2.05) is 25.1 Å². The summed E-state index contributed by atoms with van der Waals surface area (Å²) in [6.07, 6.45) is -0.666. The molecule has 0 heterocycles. The van der Waals surface area contributed by atoms with E-state index in [1.54, 1.807) is 25.1 Å². The van der Waals surface area contributed by atoms with Gasteiger partial charge in [0, 0.05) is 5.69 Å². The highest BCUT2D eigenvalue weighted by atomic mass is 16.5. The van der Waals surface area contributed by atoms with Crippen LogP contribution in [0.4, 0.5) is 5.69 Å². The van der Waals surface area contributed by atoms with E-state index in [1.165, 1.54) is 12.1 Å². The second kappa shape index (κ2) is 6.76. The predicted molar refractivity (Wildman–Crippen MR) is 83.3 cm³/mol. The third-order valence-corrected chi connectivity index (χ3v) is 3.07. The van der Waals surface area contributed by atoms with Gasteiger partial charge in [0.1, 0.15) is 5.75 Å². The first-order chi connectivity index (χ1) is 10.5. The summed E-state index contributed by atoms with van der Waals surface area (Å²) in [5.41, 5.74) is 1.74. The molecule has 0 aliphatic rings. The lowest BCUT2D eigenvalue weighted by atomic mass is 10.2. The van der Waals surface area contributed by atoms with Crippen molar-refractivity contribution in [3.63, 3.8) is 0 Å². The third kappa shape index (κ3) is 4.09. The maximum Gasteiger partial charge on any atom is 0.335 e. The van der Waals surface area contributed by atoms with Gasteiger partial charge in [0.25, 0.3) is 5.91 Å². The molecule has 0 aliphatic heterocycles. The van der Waals surface area contributed by atoms with Crippen molar-refractivity contribution in [2.45, 2.75) is 20.0 Å². The molecular formula is C17H17NO4. The molecule has 22 heavy (non-hydrogen) atoms. The second-order valence-corrected chi connectivity index (χ2v) is 4.95.